The van der Waals surface area contributed by atoms with Crippen LogP contribution in [0, 0.1) is 0 Å². The summed E-state index contributed by atoms with van der Waals surface area (Å²) in [6.07, 6.45) is 7.05. The van der Waals surface area contributed by atoms with Crippen LogP contribution in [0.3, 0.4) is 0 Å². The molecule has 1 aliphatic carbocycles. The monoisotopic (exact) mass is 272 g/mol. The Bertz CT molecular complexity index is 331. The van der Waals surface area contributed by atoms with Crippen LogP contribution in [0.15, 0.2) is 0 Å². The Kier molecular flexibility index (Phi) is 4.78. The molecule has 104 valence electrons. The maximum absolute atomic E-state index is 12.4. The molecular formula is C13H24N2O2S. The molecule has 4 nitrogen and oxygen atoms in total. The number of nitrogens with one attached hydrogen (secondary N) is 1. The van der Waals surface area contributed by atoms with Crippen LogP contribution < -0.4 is 5.32 Å². The van der Waals surface area contributed by atoms with Crippen molar-refractivity contribution in [1.29, 1.82) is 0 Å². The Labute approximate surface area is 112 Å². The van der Waals surface area contributed by atoms with Crippen LogP contribution in [0.2, 0.25) is 0 Å². The van der Waals surface area contributed by atoms with Crippen molar-refractivity contribution in [1.82, 2.24) is 10.2 Å². The standard InChI is InChI=1S/C13H24N2O2S/c1-10(7-9-18(2)17)15-8-3-4-12(13(15)16)14-11-5-6-11/h10-12,14H,3-9H2,1-2H3. The third-order valence-electron chi connectivity index (χ3n) is 3.84. The van der Waals surface area contributed by atoms with Crippen LogP contribution in [0.5, 0.6) is 0 Å². The van der Waals surface area contributed by atoms with E-state index < -0.39 is 10.8 Å². The smallest absolute Gasteiger partial charge is 0.239 e. The second kappa shape index (κ2) is 6.15. The summed E-state index contributed by atoms with van der Waals surface area (Å²) in [6.45, 7) is 2.93. The van der Waals surface area contributed by atoms with E-state index in [2.05, 4.69) is 12.2 Å². The fourth-order valence-electron chi connectivity index (χ4n) is 2.52. The number of likely N-dealkylation sites (tertiary alicyclic amines) is 1. The van der Waals surface area contributed by atoms with E-state index in [1.54, 1.807) is 6.26 Å². The molecule has 1 amide bonds. The highest BCUT2D eigenvalue weighted by atomic mass is 32.2. The van der Waals surface area contributed by atoms with Gasteiger partial charge >= 0.3 is 0 Å². The Morgan fingerprint density at radius 2 is 2.17 bits per heavy atom. The molecule has 1 N–H and O–H groups in total. The maximum Gasteiger partial charge on any atom is 0.239 e. The first kappa shape index (κ1) is 14.0. The molecule has 18 heavy (non-hydrogen) atoms. The molecule has 0 radical (unpaired) electrons. The number of piperidine rings is 1. The summed E-state index contributed by atoms with van der Waals surface area (Å²) in [4.78, 5) is 14.3. The normalized spacial score (nSPS) is 28.2. The molecule has 1 aliphatic heterocycles. The van der Waals surface area contributed by atoms with Crippen LogP contribution in [0.1, 0.15) is 39.0 Å². The van der Waals surface area contributed by atoms with Gasteiger partial charge < -0.3 is 10.2 Å². The third kappa shape index (κ3) is 3.79. The lowest BCUT2D eigenvalue weighted by molar-refractivity contribution is -0.138. The van der Waals surface area contributed by atoms with Crippen LogP contribution in [0.4, 0.5) is 0 Å². The van der Waals surface area contributed by atoms with Gasteiger partial charge in [0.05, 0.1) is 6.04 Å². The molecule has 1 heterocycles. The minimum absolute atomic E-state index is 0.0285. The summed E-state index contributed by atoms with van der Waals surface area (Å²) in [7, 11) is -0.763. The molecule has 2 rings (SSSR count). The number of amides is 1. The molecule has 0 aromatic rings. The average molecular weight is 272 g/mol. The van der Waals surface area contributed by atoms with Crippen LogP contribution in [-0.2, 0) is 15.6 Å². The lowest BCUT2D eigenvalue weighted by Crippen LogP contribution is -2.54. The van der Waals surface area contributed by atoms with E-state index >= 15 is 0 Å². The molecule has 0 aromatic heterocycles. The quantitative estimate of drug-likeness (QED) is 0.781. The number of hydrogen-bond donors (Lipinski definition) is 1. The van der Waals surface area contributed by atoms with E-state index in [4.69, 9.17) is 0 Å². The van der Waals surface area contributed by atoms with Gasteiger partial charge in [0.15, 0.2) is 0 Å². The molecule has 3 atom stereocenters. The van der Waals surface area contributed by atoms with Crippen molar-refractivity contribution in [2.75, 3.05) is 18.6 Å². The van der Waals surface area contributed by atoms with Gasteiger partial charge in [0.2, 0.25) is 5.91 Å². The predicted octanol–water partition coefficient (Wildman–Crippen LogP) is 0.886. The summed E-state index contributed by atoms with van der Waals surface area (Å²) < 4.78 is 11.1. The lowest BCUT2D eigenvalue weighted by atomic mass is 10.0. The van der Waals surface area contributed by atoms with E-state index in [1.807, 2.05) is 4.90 Å². The second-order valence-corrected chi connectivity index (χ2v) is 7.14. The summed E-state index contributed by atoms with van der Waals surface area (Å²) in [5, 5.41) is 3.44. The Balaban J connectivity index is 1.86. The summed E-state index contributed by atoms with van der Waals surface area (Å²) >= 11 is 0. The topological polar surface area (TPSA) is 49.4 Å². The maximum atomic E-state index is 12.4. The van der Waals surface area contributed by atoms with Gasteiger partial charge in [-0.2, -0.15) is 0 Å². The zero-order valence-corrected chi connectivity index (χ0v) is 12.2. The lowest BCUT2D eigenvalue weighted by Gasteiger charge is -2.37. The van der Waals surface area contributed by atoms with Gasteiger partial charge in [-0.05, 0) is 39.0 Å². The van der Waals surface area contributed by atoms with Crippen molar-refractivity contribution in [2.24, 2.45) is 0 Å². The van der Waals surface area contributed by atoms with Gasteiger partial charge in [-0.15, -0.1) is 0 Å². The van der Waals surface area contributed by atoms with Crippen molar-refractivity contribution >= 4 is 16.7 Å². The van der Waals surface area contributed by atoms with Crippen LogP contribution in [-0.4, -0.2) is 51.7 Å². The molecule has 1 saturated carbocycles. The minimum atomic E-state index is -0.763. The van der Waals surface area contributed by atoms with E-state index in [9.17, 15) is 9.00 Å². The first-order valence-electron chi connectivity index (χ1n) is 6.94. The Morgan fingerprint density at radius 3 is 2.78 bits per heavy atom. The molecule has 0 bridgehead atoms. The van der Waals surface area contributed by atoms with Crippen molar-refractivity contribution in [3.8, 4) is 0 Å². The van der Waals surface area contributed by atoms with Gasteiger partial charge in [-0.3, -0.25) is 9.00 Å². The molecular weight excluding hydrogens is 248 g/mol. The number of carbonyl (C=O) groups excluding carboxylic acids is 1. The number of hydrogen-bond acceptors (Lipinski definition) is 3. The Morgan fingerprint density at radius 1 is 1.44 bits per heavy atom. The second-order valence-electron chi connectivity index (χ2n) is 5.58. The number of rotatable bonds is 6. The van der Waals surface area contributed by atoms with E-state index in [0.717, 1.165) is 25.8 Å². The molecule has 3 unspecified atom stereocenters. The zero-order chi connectivity index (χ0) is 13.1. The first-order chi connectivity index (χ1) is 8.58. The fourth-order valence-corrected chi connectivity index (χ4v) is 3.19. The molecule has 5 heteroatoms. The van der Waals surface area contributed by atoms with Crippen molar-refractivity contribution in [3.05, 3.63) is 0 Å². The summed E-state index contributed by atoms with van der Waals surface area (Å²) in [6, 6.07) is 0.823. The minimum Gasteiger partial charge on any atom is -0.339 e. The SMILES string of the molecule is CC(CCS(C)=O)N1CCCC(NC2CC2)C1=O. The number of carbonyl (C=O) groups is 1. The van der Waals surface area contributed by atoms with Crippen molar-refractivity contribution in [2.45, 2.75) is 57.2 Å². The van der Waals surface area contributed by atoms with E-state index in [-0.39, 0.29) is 18.0 Å². The highest BCUT2D eigenvalue weighted by Crippen LogP contribution is 2.23. The molecule has 2 aliphatic rings. The molecule has 0 spiro atoms. The van der Waals surface area contributed by atoms with Gasteiger partial charge in [0.25, 0.3) is 0 Å². The summed E-state index contributed by atoms with van der Waals surface area (Å²) in [5.74, 6) is 0.939. The van der Waals surface area contributed by atoms with Crippen LogP contribution >= 0.6 is 0 Å². The third-order valence-corrected chi connectivity index (χ3v) is 4.65. The molecule has 0 aromatic carbocycles. The van der Waals surface area contributed by atoms with Gasteiger partial charge in [-0.1, -0.05) is 0 Å². The largest absolute Gasteiger partial charge is 0.339 e. The number of nitrogens with zero attached hydrogens (tertiary/aromatic N) is 1. The summed E-state index contributed by atoms with van der Waals surface area (Å²) in [5.41, 5.74) is 0. The molecule has 1 saturated heterocycles. The van der Waals surface area contributed by atoms with E-state index in [1.165, 1.54) is 12.8 Å². The van der Waals surface area contributed by atoms with Crippen molar-refractivity contribution in [3.63, 3.8) is 0 Å². The highest BCUT2D eigenvalue weighted by molar-refractivity contribution is 7.84. The predicted molar refractivity (Wildman–Crippen MR) is 73.9 cm³/mol. The fraction of sp³-hybridized carbons (Fsp3) is 0.923. The van der Waals surface area contributed by atoms with Crippen molar-refractivity contribution < 1.29 is 9.00 Å². The first-order valence-corrected chi connectivity index (χ1v) is 8.67. The molecule has 2 fully saturated rings. The van der Waals surface area contributed by atoms with E-state index in [0.29, 0.717) is 11.8 Å². The van der Waals surface area contributed by atoms with Gasteiger partial charge in [-0.25, -0.2) is 0 Å². The highest BCUT2D eigenvalue weighted by Gasteiger charge is 2.34. The van der Waals surface area contributed by atoms with Crippen LogP contribution in [0.25, 0.3) is 0 Å². The van der Waals surface area contributed by atoms with Gasteiger partial charge in [0, 0.05) is 41.4 Å². The van der Waals surface area contributed by atoms with Gasteiger partial charge in [0.1, 0.15) is 0 Å². The Hall–Kier alpha value is -0.420. The zero-order valence-electron chi connectivity index (χ0n) is 11.4. The average Bonchev–Trinajstić information content (AvgIpc) is 3.12.